The van der Waals surface area contributed by atoms with Gasteiger partial charge in [0.15, 0.2) is 0 Å². The molecule has 2 aromatic rings. The van der Waals surface area contributed by atoms with Gasteiger partial charge in [0.25, 0.3) is 0 Å². The Morgan fingerprint density at radius 1 is 1.07 bits per heavy atom. The summed E-state index contributed by atoms with van der Waals surface area (Å²) in [5.74, 6) is 0.311. The maximum atomic E-state index is 13.2. The topological polar surface area (TPSA) is 58.6 Å². The summed E-state index contributed by atoms with van der Waals surface area (Å²) < 4.78 is 5.17. The van der Waals surface area contributed by atoms with Crippen LogP contribution in [0.1, 0.15) is 38.3 Å². The predicted octanol–water partition coefficient (Wildman–Crippen LogP) is 4.88. The lowest BCUT2D eigenvalue weighted by molar-refractivity contribution is -0.140. The minimum atomic E-state index is -0.683. The van der Waals surface area contributed by atoms with Crippen molar-refractivity contribution in [3.8, 4) is 5.75 Å². The van der Waals surface area contributed by atoms with Gasteiger partial charge in [0.2, 0.25) is 11.8 Å². The van der Waals surface area contributed by atoms with E-state index < -0.39 is 6.04 Å². The minimum absolute atomic E-state index is 0.0161. The van der Waals surface area contributed by atoms with Crippen LogP contribution in [0.2, 0.25) is 10.0 Å². The second kappa shape index (κ2) is 11.2. The number of rotatable bonds is 9. The summed E-state index contributed by atoms with van der Waals surface area (Å²) in [6.07, 6.45) is 0.946. The van der Waals surface area contributed by atoms with E-state index in [4.69, 9.17) is 27.9 Å². The van der Waals surface area contributed by atoms with Gasteiger partial charge in [-0.2, -0.15) is 0 Å². The third-order valence-electron chi connectivity index (χ3n) is 5.07. The second-order valence-electron chi connectivity index (χ2n) is 7.24. The molecule has 0 spiro atoms. The number of methoxy groups -OCH3 is 1. The smallest absolute Gasteiger partial charge is 0.242 e. The number of nitrogens with one attached hydrogen (secondary N) is 1. The van der Waals surface area contributed by atoms with E-state index in [9.17, 15) is 9.59 Å². The minimum Gasteiger partial charge on any atom is -0.497 e. The molecule has 30 heavy (non-hydrogen) atoms. The van der Waals surface area contributed by atoms with Crippen LogP contribution < -0.4 is 10.1 Å². The van der Waals surface area contributed by atoms with E-state index in [1.807, 2.05) is 26.0 Å². The van der Waals surface area contributed by atoms with Gasteiger partial charge in [0, 0.05) is 28.2 Å². The Hall–Kier alpha value is -2.24. The molecule has 1 N–H and O–H groups in total. The highest BCUT2D eigenvalue weighted by Gasteiger charge is 2.28. The van der Waals surface area contributed by atoms with E-state index in [1.165, 1.54) is 4.90 Å². The number of hydrogen-bond donors (Lipinski definition) is 1. The summed E-state index contributed by atoms with van der Waals surface area (Å²) in [7, 11) is 1.59. The molecule has 0 saturated heterocycles. The Bertz CT molecular complexity index is 851. The molecule has 7 heteroatoms. The first-order chi connectivity index (χ1) is 14.3. The Morgan fingerprint density at radius 3 is 2.20 bits per heavy atom. The maximum absolute atomic E-state index is 13.2. The van der Waals surface area contributed by atoms with E-state index in [0.29, 0.717) is 21.4 Å². The SMILES string of the molecule is CC[C@H](C)NC(=O)[C@H](C)N(Cc1c(Cl)cccc1Cl)C(=O)Cc1ccc(OC)cc1. The van der Waals surface area contributed by atoms with Crippen LogP contribution in [0.4, 0.5) is 0 Å². The van der Waals surface area contributed by atoms with Crippen molar-refractivity contribution < 1.29 is 14.3 Å². The van der Waals surface area contributed by atoms with E-state index in [1.54, 1.807) is 44.4 Å². The molecule has 0 aliphatic heterocycles. The van der Waals surface area contributed by atoms with Crippen molar-refractivity contribution in [2.45, 2.75) is 52.2 Å². The van der Waals surface area contributed by atoms with Crippen LogP contribution >= 0.6 is 23.2 Å². The summed E-state index contributed by atoms with van der Waals surface area (Å²) in [4.78, 5) is 27.5. The molecule has 0 bridgehead atoms. The molecule has 2 amide bonds. The lowest BCUT2D eigenvalue weighted by Gasteiger charge is -2.30. The van der Waals surface area contributed by atoms with Crippen molar-refractivity contribution in [2.24, 2.45) is 0 Å². The van der Waals surface area contributed by atoms with Crippen LogP contribution in [-0.4, -0.2) is 35.9 Å². The van der Waals surface area contributed by atoms with Crippen LogP contribution in [0, 0.1) is 0 Å². The molecular formula is C23H28Cl2N2O3. The molecule has 0 aliphatic rings. The molecule has 2 atom stereocenters. The van der Waals surface area contributed by atoms with Gasteiger partial charge in [0.1, 0.15) is 11.8 Å². The molecule has 0 heterocycles. The number of carbonyl (C=O) groups is 2. The van der Waals surface area contributed by atoms with E-state index >= 15 is 0 Å². The quantitative estimate of drug-likeness (QED) is 0.592. The fourth-order valence-corrected chi connectivity index (χ4v) is 3.44. The lowest BCUT2D eigenvalue weighted by Crippen LogP contribution is -2.50. The van der Waals surface area contributed by atoms with Gasteiger partial charge in [-0.1, -0.05) is 48.3 Å². The lowest BCUT2D eigenvalue weighted by atomic mass is 10.1. The van der Waals surface area contributed by atoms with Crippen LogP contribution in [0.5, 0.6) is 5.75 Å². The summed E-state index contributed by atoms with van der Waals surface area (Å²) in [5, 5.41) is 3.86. The van der Waals surface area contributed by atoms with Gasteiger partial charge in [0.05, 0.1) is 13.5 Å². The second-order valence-corrected chi connectivity index (χ2v) is 8.05. The average molecular weight is 451 g/mol. The van der Waals surface area contributed by atoms with E-state index in [-0.39, 0.29) is 30.8 Å². The summed E-state index contributed by atoms with van der Waals surface area (Å²) in [6, 6.07) is 11.8. The largest absolute Gasteiger partial charge is 0.497 e. The van der Waals surface area contributed by atoms with Crippen LogP contribution in [-0.2, 0) is 22.6 Å². The molecule has 0 unspecified atom stereocenters. The Kier molecular flexibility index (Phi) is 9.00. The van der Waals surface area contributed by atoms with Gasteiger partial charge in [-0.25, -0.2) is 0 Å². The summed E-state index contributed by atoms with van der Waals surface area (Å²) in [6.45, 7) is 5.78. The van der Waals surface area contributed by atoms with Crippen LogP contribution in [0.3, 0.4) is 0 Å². The summed E-state index contributed by atoms with van der Waals surface area (Å²) >= 11 is 12.7. The number of carbonyl (C=O) groups excluding carboxylic acids is 2. The number of benzene rings is 2. The average Bonchev–Trinajstić information content (AvgIpc) is 2.73. The fourth-order valence-electron chi connectivity index (χ4n) is 2.92. The zero-order valence-corrected chi connectivity index (χ0v) is 19.3. The summed E-state index contributed by atoms with van der Waals surface area (Å²) in [5.41, 5.74) is 1.44. The first-order valence-electron chi connectivity index (χ1n) is 9.92. The monoisotopic (exact) mass is 450 g/mol. The zero-order chi connectivity index (χ0) is 22.3. The predicted molar refractivity (Wildman–Crippen MR) is 121 cm³/mol. The zero-order valence-electron chi connectivity index (χ0n) is 17.7. The maximum Gasteiger partial charge on any atom is 0.242 e. The van der Waals surface area contributed by atoms with Gasteiger partial charge in [-0.15, -0.1) is 0 Å². The van der Waals surface area contributed by atoms with Crippen molar-refractivity contribution in [2.75, 3.05) is 7.11 Å². The van der Waals surface area contributed by atoms with E-state index in [2.05, 4.69) is 5.32 Å². The molecule has 2 aromatic carbocycles. The van der Waals surface area contributed by atoms with Crippen LogP contribution in [0.25, 0.3) is 0 Å². The fraction of sp³-hybridized carbons (Fsp3) is 0.391. The van der Waals surface area contributed by atoms with E-state index in [0.717, 1.165) is 12.0 Å². The van der Waals surface area contributed by atoms with Crippen molar-refractivity contribution in [1.29, 1.82) is 0 Å². The Balaban J connectivity index is 2.28. The first kappa shape index (κ1) is 24.0. The number of nitrogens with zero attached hydrogens (tertiary/aromatic N) is 1. The number of amides is 2. The molecule has 0 aromatic heterocycles. The molecule has 162 valence electrons. The number of halogens is 2. The Labute approximate surface area is 188 Å². The Morgan fingerprint density at radius 2 is 1.67 bits per heavy atom. The number of hydrogen-bond acceptors (Lipinski definition) is 3. The molecule has 0 fully saturated rings. The van der Waals surface area contributed by atoms with Crippen molar-refractivity contribution in [1.82, 2.24) is 10.2 Å². The first-order valence-corrected chi connectivity index (χ1v) is 10.7. The third kappa shape index (κ3) is 6.38. The standard InChI is InChI=1S/C23H28Cl2N2O3/c1-5-15(2)26-23(29)16(3)27(14-19-20(24)7-6-8-21(19)25)22(28)13-17-9-11-18(30-4)12-10-17/h6-12,15-16H,5,13-14H2,1-4H3,(H,26,29)/t15-,16-/m0/s1. The van der Waals surface area contributed by atoms with Crippen molar-refractivity contribution in [3.63, 3.8) is 0 Å². The molecular weight excluding hydrogens is 423 g/mol. The van der Waals surface area contributed by atoms with Gasteiger partial charge < -0.3 is 15.0 Å². The van der Waals surface area contributed by atoms with Gasteiger partial charge in [-0.3, -0.25) is 9.59 Å². The highest BCUT2D eigenvalue weighted by molar-refractivity contribution is 6.36. The van der Waals surface area contributed by atoms with Crippen molar-refractivity contribution in [3.05, 3.63) is 63.6 Å². The third-order valence-corrected chi connectivity index (χ3v) is 5.78. The normalized spacial score (nSPS) is 12.7. The molecule has 5 nitrogen and oxygen atoms in total. The highest BCUT2D eigenvalue weighted by Crippen LogP contribution is 2.27. The van der Waals surface area contributed by atoms with Crippen molar-refractivity contribution >= 4 is 35.0 Å². The van der Waals surface area contributed by atoms with Gasteiger partial charge >= 0.3 is 0 Å². The molecule has 0 aliphatic carbocycles. The molecule has 0 radical (unpaired) electrons. The van der Waals surface area contributed by atoms with Gasteiger partial charge in [-0.05, 0) is 50.1 Å². The molecule has 0 saturated carbocycles. The molecule has 2 rings (SSSR count). The number of ether oxygens (including phenoxy) is 1. The highest BCUT2D eigenvalue weighted by atomic mass is 35.5. The van der Waals surface area contributed by atoms with Crippen LogP contribution in [0.15, 0.2) is 42.5 Å².